The summed E-state index contributed by atoms with van der Waals surface area (Å²) in [6.07, 6.45) is 1.73. The van der Waals surface area contributed by atoms with Gasteiger partial charge in [0.2, 0.25) is 12.7 Å². The van der Waals surface area contributed by atoms with Gasteiger partial charge in [-0.25, -0.2) is 4.79 Å². The van der Waals surface area contributed by atoms with E-state index in [1.165, 1.54) is 9.13 Å². The molecule has 0 bridgehead atoms. The van der Waals surface area contributed by atoms with E-state index in [-0.39, 0.29) is 24.9 Å². The van der Waals surface area contributed by atoms with E-state index in [4.69, 9.17) is 14.2 Å². The number of anilines is 1. The maximum atomic E-state index is 13.5. The Balaban J connectivity index is 1.53. The van der Waals surface area contributed by atoms with Crippen LogP contribution in [-0.2, 0) is 11.3 Å². The monoisotopic (exact) mass is 471 g/mol. The van der Waals surface area contributed by atoms with Gasteiger partial charge in [0, 0.05) is 17.4 Å². The Labute approximate surface area is 202 Å². The number of rotatable bonds is 6. The number of fused-ring (bicyclic) bond motifs is 1. The molecule has 0 unspecified atom stereocenters. The van der Waals surface area contributed by atoms with E-state index in [1.54, 1.807) is 43.6 Å². The van der Waals surface area contributed by atoms with Gasteiger partial charge in [-0.1, -0.05) is 6.07 Å². The minimum Gasteiger partial charge on any atom is -0.497 e. The molecule has 0 fully saturated rings. The van der Waals surface area contributed by atoms with Gasteiger partial charge < -0.3 is 19.5 Å². The number of methoxy groups -OCH3 is 1. The highest BCUT2D eigenvalue weighted by atomic mass is 16.7. The van der Waals surface area contributed by atoms with Gasteiger partial charge in [0.1, 0.15) is 12.3 Å². The van der Waals surface area contributed by atoms with Crippen molar-refractivity contribution < 1.29 is 19.0 Å². The molecule has 1 aliphatic rings. The Morgan fingerprint density at radius 3 is 2.49 bits per heavy atom. The normalized spacial score (nSPS) is 12.0. The van der Waals surface area contributed by atoms with Gasteiger partial charge in [-0.2, -0.15) is 0 Å². The first-order valence-electron chi connectivity index (χ1n) is 11.2. The van der Waals surface area contributed by atoms with Crippen LogP contribution in [0.5, 0.6) is 17.2 Å². The summed E-state index contributed by atoms with van der Waals surface area (Å²) < 4.78 is 19.1. The predicted octanol–water partition coefficient (Wildman–Crippen LogP) is 4.30. The van der Waals surface area contributed by atoms with E-state index in [1.807, 2.05) is 44.2 Å². The molecule has 0 spiro atoms. The SMILES string of the molecule is COc1ccc(-n2cc(-c3ccc4c(c3)OCO4)n(CC(=O)Nc3ccc(C)c(C)c3)c2=O)cc1. The number of imidazole rings is 1. The maximum Gasteiger partial charge on any atom is 0.333 e. The Kier molecular flexibility index (Phi) is 5.78. The number of carbonyl (C=O) groups is 1. The lowest BCUT2D eigenvalue weighted by Crippen LogP contribution is -2.29. The number of nitrogens with one attached hydrogen (secondary N) is 1. The number of nitrogens with zero attached hydrogens (tertiary/aromatic N) is 2. The van der Waals surface area contributed by atoms with Gasteiger partial charge in [0.25, 0.3) is 0 Å². The van der Waals surface area contributed by atoms with Crippen molar-refractivity contribution in [2.45, 2.75) is 20.4 Å². The fourth-order valence-corrected chi connectivity index (χ4v) is 4.01. The molecule has 0 saturated carbocycles. The van der Waals surface area contributed by atoms with Crippen LogP contribution in [0.15, 0.2) is 71.7 Å². The van der Waals surface area contributed by atoms with Crippen molar-refractivity contribution in [2.24, 2.45) is 0 Å². The lowest BCUT2D eigenvalue weighted by molar-refractivity contribution is -0.116. The predicted molar refractivity (Wildman–Crippen MR) is 133 cm³/mol. The van der Waals surface area contributed by atoms with Crippen molar-refractivity contribution in [3.63, 3.8) is 0 Å². The molecular formula is C27H25N3O5. The number of benzene rings is 3. The van der Waals surface area contributed by atoms with E-state index in [0.717, 1.165) is 16.7 Å². The minimum atomic E-state index is -0.335. The van der Waals surface area contributed by atoms with Gasteiger partial charge in [-0.15, -0.1) is 0 Å². The van der Waals surface area contributed by atoms with Crippen LogP contribution >= 0.6 is 0 Å². The second-order valence-corrected chi connectivity index (χ2v) is 8.37. The minimum absolute atomic E-state index is 0.150. The van der Waals surface area contributed by atoms with E-state index in [9.17, 15) is 9.59 Å². The third kappa shape index (κ3) is 4.38. The van der Waals surface area contributed by atoms with Gasteiger partial charge in [-0.3, -0.25) is 13.9 Å². The fourth-order valence-electron chi connectivity index (χ4n) is 4.01. The quantitative estimate of drug-likeness (QED) is 0.453. The summed E-state index contributed by atoms with van der Waals surface area (Å²) in [6, 6.07) is 18.3. The molecule has 4 aromatic rings. The van der Waals surface area contributed by atoms with Crippen LogP contribution in [0.25, 0.3) is 16.9 Å². The third-order valence-electron chi connectivity index (χ3n) is 6.09. The first-order valence-corrected chi connectivity index (χ1v) is 11.2. The summed E-state index contributed by atoms with van der Waals surface area (Å²) >= 11 is 0. The maximum absolute atomic E-state index is 13.5. The Morgan fingerprint density at radius 1 is 0.971 bits per heavy atom. The lowest BCUT2D eigenvalue weighted by Gasteiger charge is -2.10. The lowest BCUT2D eigenvalue weighted by atomic mass is 10.1. The molecule has 178 valence electrons. The van der Waals surface area contributed by atoms with Crippen molar-refractivity contribution in [1.82, 2.24) is 9.13 Å². The summed E-state index contributed by atoms with van der Waals surface area (Å²) in [4.78, 5) is 26.5. The molecular weight excluding hydrogens is 446 g/mol. The largest absolute Gasteiger partial charge is 0.497 e. The zero-order valence-corrected chi connectivity index (χ0v) is 19.7. The highest BCUT2D eigenvalue weighted by Gasteiger charge is 2.20. The number of aromatic nitrogens is 2. The van der Waals surface area contributed by atoms with Gasteiger partial charge >= 0.3 is 5.69 Å². The van der Waals surface area contributed by atoms with Crippen molar-refractivity contribution in [2.75, 3.05) is 19.2 Å². The molecule has 0 radical (unpaired) electrons. The van der Waals surface area contributed by atoms with Crippen LogP contribution in [-0.4, -0.2) is 28.9 Å². The molecule has 5 rings (SSSR count). The first kappa shape index (κ1) is 22.3. The first-order chi connectivity index (χ1) is 16.9. The number of aryl methyl sites for hydroxylation is 2. The molecule has 0 saturated heterocycles. The van der Waals surface area contributed by atoms with Crippen LogP contribution in [0, 0.1) is 13.8 Å². The van der Waals surface area contributed by atoms with E-state index in [0.29, 0.717) is 34.3 Å². The summed E-state index contributed by atoms with van der Waals surface area (Å²) in [5, 5.41) is 2.90. The van der Waals surface area contributed by atoms with Crippen molar-refractivity contribution in [1.29, 1.82) is 0 Å². The number of hydrogen-bond donors (Lipinski definition) is 1. The molecule has 1 aromatic heterocycles. The molecule has 3 aromatic carbocycles. The second-order valence-electron chi connectivity index (χ2n) is 8.37. The van der Waals surface area contributed by atoms with E-state index < -0.39 is 0 Å². The third-order valence-corrected chi connectivity index (χ3v) is 6.09. The Hall–Kier alpha value is -4.46. The molecule has 1 aliphatic heterocycles. The van der Waals surface area contributed by atoms with Crippen molar-refractivity contribution >= 4 is 11.6 Å². The smallest absolute Gasteiger partial charge is 0.333 e. The Morgan fingerprint density at radius 2 is 1.74 bits per heavy atom. The van der Waals surface area contributed by atoms with Crippen LogP contribution < -0.4 is 25.2 Å². The molecule has 35 heavy (non-hydrogen) atoms. The summed E-state index contributed by atoms with van der Waals surface area (Å²) in [7, 11) is 1.59. The number of ether oxygens (including phenoxy) is 3. The van der Waals surface area contributed by atoms with Crippen LogP contribution in [0.2, 0.25) is 0 Å². The number of amides is 1. The van der Waals surface area contributed by atoms with Crippen molar-refractivity contribution in [3.8, 4) is 34.2 Å². The van der Waals surface area contributed by atoms with Crippen LogP contribution in [0.1, 0.15) is 11.1 Å². The molecule has 0 aliphatic carbocycles. The van der Waals surface area contributed by atoms with E-state index in [2.05, 4.69) is 5.32 Å². The zero-order chi connectivity index (χ0) is 24.5. The molecule has 8 heteroatoms. The zero-order valence-electron chi connectivity index (χ0n) is 19.7. The average molecular weight is 472 g/mol. The molecule has 1 amide bonds. The summed E-state index contributed by atoms with van der Waals surface area (Å²) in [5.74, 6) is 1.62. The highest BCUT2D eigenvalue weighted by Crippen LogP contribution is 2.36. The summed E-state index contributed by atoms with van der Waals surface area (Å²) in [5.41, 5.74) is 4.54. The van der Waals surface area contributed by atoms with Gasteiger partial charge in [-0.05, 0) is 79.6 Å². The fraction of sp³-hybridized carbons (Fsp3) is 0.185. The second kappa shape index (κ2) is 9.06. The van der Waals surface area contributed by atoms with Gasteiger partial charge in [0.15, 0.2) is 11.5 Å². The Bertz CT molecular complexity index is 1470. The number of carbonyl (C=O) groups excluding carboxylic acids is 1. The number of hydrogen-bond acceptors (Lipinski definition) is 5. The topological polar surface area (TPSA) is 83.7 Å². The summed E-state index contributed by atoms with van der Waals surface area (Å²) in [6.45, 7) is 4.00. The van der Waals surface area contributed by atoms with Crippen molar-refractivity contribution in [3.05, 3.63) is 88.5 Å². The van der Waals surface area contributed by atoms with E-state index >= 15 is 0 Å². The highest BCUT2D eigenvalue weighted by molar-refractivity contribution is 5.91. The molecule has 0 atom stereocenters. The standard InChI is InChI=1S/C27H25N3O5/c1-17-4-6-20(12-18(17)2)28-26(31)15-30-23(19-5-11-24-25(13-19)35-16-34-24)14-29(27(30)32)21-7-9-22(33-3)10-8-21/h4-14H,15-16H2,1-3H3,(H,28,31). The molecule has 8 nitrogen and oxygen atoms in total. The molecule has 2 heterocycles. The van der Waals surface area contributed by atoms with Gasteiger partial charge in [0.05, 0.1) is 18.5 Å². The molecule has 1 N–H and O–H groups in total. The average Bonchev–Trinajstić information content (AvgIpc) is 3.46. The van der Waals surface area contributed by atoms with Crippen LogP contribution in [0.3, 0.4) is 0 Å². The van der Waals surface area contributed by atoms with Crippen LogP contribution in [0.4, 0.5) is 5.69 Å².